The molecule has 96 valence electrons. The van der Waals surface area contributed by atoms with Crippen LogP contribution in [0.3, 0.4) is 0 Å². The largest absolute Gasteiger partial charge is 0.481 e. The van der Waals surface area contributed by atoms with Crippen molar-refractivity contribution in [1.82, 2.24) is 0 Å². The van der Waals surface area contributed by atoms with Gasteiger partial charge in [-0.3, -0.25) is 9.79 Å². The van der Waals surface area contributed by atoms with Gasteiger partial charge in [0.1, 0.15) is 0 Å². The molecule has 0 aliphatic carbocycles. The molecule has 0 amide bonds. The molecule has 0 rings (SSSR count). The average Bonchev–Trinajstić information content (AvgIpc) is 2.27. The van der Waals surface area contributed by atoms with Crippen LogP contribution in [0.4, 0.5) is 0 Å². The Morgan fingerprint density at radius 2 is 1.50 bits per heavy atom. The Morgan fingerprint density at radius 3 is 1.69 bits per heavy atom. The Bertz CT molecular complexity index is 180. The van der Waals surface area contributed by atoms with Gasteiger partial charge in [-0.05, 0) is 19.3 Å². The van der Waals surface area contributed by atoms with Crippen molar-refractivity contribution in [3.8, 4) is 0 Å². The van der Waals surface area contributed by atoms with E-state index in [9.17, 15) is 4.79 Å². The lowest BCUT2D eigenvalue weighted by atomic mass is 10.1. The van der Waals surface area contributed by atoms with Gasteiger partial charge in [-0.1, -0.05) is 40.0 Å². The maximum absolute atomic E-state index is 9.76. The predicted molar refractivity (Wildman–Crippen MR) is 70.3 cm³/mol. The summed E-state index contributed by atoms with van der Waals surface area (Å²) in [4.78, 5) is 13.9. The summed E-state index contributed by atoms with van der Waals surface area (Å²) in [6.07, 6.45) is 6.91. The number of unbranched alkanes of at least 4 members (excludes halogenated alkanes) is 1. The van der Waals surface area contributed by atoms with Crippen molar-refractivity contribution < 1.29 is 9.90 Å². The van der Waals surface area contributed by atoms with E-state index in [4.69, 9.17) is 5.11 Å². The van der Waals surface area contributed by atoms with Gasteiger partial charge in [0.05, 0.1) is 0 Å². The van der Waals surface area contributed by atoms with Crippen LogP contribution in [0.1, 0.15) is 65.7 Å². The van der Waals surface area contributed by atoms with Crippen LogP contribution in [-0.4, -0.2) is 23.8 Å². The highest BCUT2D eigenvalue weighted by Gasteiger charge is 1.92. The first-order valence-corrected chi connectivity index (χ1v) is 6.28. The van der Waals surface area contributed by atoms with E-state index >= 15 is 0 Å². The minimum Gasteiger partial charge on any atom is -0.481 e. The van der Waals surface area contributed by atoms with Crippen LogP contribution in [0, 0.1) is 0 Å². The van der Waals surface area contributed by atoms with Crippen molar-refractivity contribution >= 4 is 11.7 Å². The minimum absolute atomic E-state index is 0.316. The molecule has 0 aromatic carbocycles. The van der Waals surface area contributed by atoms with Gasteiger partial charge in [0, 0.05) is 19.2 Å². The van der Waals surface area contributed by atoms with Crippen LogP contribution in [-0.2, 0) is 4.79 Å². The number of hydrogen-bond donors (Lipinski definition) is 1. The number of aliphatic imine (C=N–C) groups is 1. The molecule has 3 heteroatoms. The Labute approximate surface area is 100.0 Å². The minimum atomic E-state index is -0.693. The lowest BCUT2D eigenvalue weighted by Gasteiger charge is -1.99. The van der Waals surface area contributed by atoms with Crippen LogP contribution in [0.5, 0.6) is 0 Å². The fourth-order valence-electron chi connectivity index (χ4n) is 1.25. The highest BCUT2D eigenvalue weighted by atomic mass is 16.4. The second kappa shape index (κ2) is 14.1. The molecular formula is C13H27NO2. The zero-order chi connectivity index (χ0) is 12.8. The van der Waals surface area contributed by atoms with Gasteiger partial charge in [0.15, 0.2) is 0 Å². The highest BCUT2D eigenvalue weighted by molar-refractivity contribution is 5.84. The van der Waals surface area contributed by atoms with E-state index in [1.54, 1.807) is 0 Å². The third-order valence-electron chi connectivity index (χ3n) is 2.14. The van der Waals surface area contributed by atoms with E-state index in [1.165, 1.54) is 31.4 Å². The lowest BCUT2D eigenvalue weighted by molar-refractivity contribution is -0.137. The van der Waals surface area contributed by atoms with Crippen LogP contribution in [0.15, 0.2) is 4.99 Å². The molecule has 0 spiro atoms. The smallest absolute Gasteiger partial charge is 0.303 e. The molecule has 0 unspecified atom stereocenters. The van der Waals surface area contributed by atoms with Gasteiger partial charge in [-0.25, -0.2) is 0 Å². The van der Waals surface area contributed by atoms with E-state index in [0.29, 0.717) is 6.42 Å². The summed E-state index contributed by atoms with van der Waals surface area (Å²) in [7, 11) is 1.89. The zero-order valence-electron chi connectivity index (χ0n) is 11.3. The van der Waals surface area contributed by atoms with Crippen molar-refractivity contribution in [2.45, 2.75) is 65.7 Å². The zero-order valence-corrected chi connectivity index (χ0v) is 11.3. The standard InChI is InChI=1S/C8H17N.C5H10O2/c1-4-6-8(9-3)7-5-2;1-2-3-4-5(6)7/h4-7H2,1-3H3;2-4H2,1H3,(H,6,7). The van der Waals surface area contributed by atoms with Crippen molar-refractivity contribution in [2.24, 2.45) is 4.99 Å². The van der Waals surface area contributed by atoms with Gasteiger partial charge in [0.25, 0.3) is 0 Å². The molecule has 3 nitrogen and oxygen atoms in total. The van der Waals surface area contributed by atoms with Gasteiger partial charge in [-0.15, -0.1) is 0 Å². The molecule has 0 saturated carbocycles. The number of rotatable bonds is 7. The molecule has 16 heavy (non-hydrogen) atoms. The molecule has 0 aromatic rings. The van der Waals surface area contributed by atoms with Crippen LogP contribution < -0.4 is 0 Å². The van der Waals surface area contributed by atoms with Crippen LogP contribution in [0.2, 0.25) is 0 Å². The van der Waals surface area contributed by atoms with E-state index in [1.807, 2.05) is 14.0 Å². The summed E-state index contributed by atoms with van der Waals surface area (Å²) in [5.41, 5.74) is 1.38. The maximum Gasteiger partial charge on any atom is 0.303 e. The number of nitrogens with zero attached hydrogens (tertiary/aromatic N) is 1. The van der Waals surface area contributed by atoms with Crippen LogP contribution >= 0.6 is 0 Å². The van der Waals surface area contributed by atoms with E-state index < -0.39 is 5.97 Å². The highest BCUT2D eigenvalue weighted by Crippen LogP contribution is 1.99. The molecule has 0 saturated heterocycles. The second-order valence-corrected chi connectivity index (χ2v) is 3.79. The predicted octanol–water partition coefficient (Wildman–Crippen LogP) is 3.92. The summed E-state index contributed by atoms with van der Waals surface area (Å²) in [5, 5.41) is 8.04. The van der Waals surface area contributed by atoms with E-state index in [2.05, 4.69) is 18.8 Å². The van der Waals surface area contributed by atoms with E-state index in [-0.39, 0.29) is 0 Å². The number of carbonyl (C=O) groups is 1. The van der Waals surface area contributed by atoms with E-state index in [0.717, 1.165) is 12.8 Å². The van der Waals surface area contributed by atoms with Crippen molar-refractivity contribution in [1.29, 1.82) is 0 Å². The number of carboxylic acids is 1. The fraction of sp³-hybridized carbons (Fsp3) is 0.846. The molecule has 0 aliphatic heterocycles. The Kier molecular flexibility index (Phi) is 15.5. The first kappa shape index (κ1) is 17.5. The number of aliphatic carboxylic acids is 1. The Morgan fingerprint density at radius 1 is 1.00 bits per heavy atom. The van der Waals surface area contributed by atoms with Gasteiger partial charge < -0.3 is 5.11 Å². The maximum atomic E-state index is 9.76. The molecule has 0 aliphatic rings. The first-order valence-electron chi connectivity index (χ1n) is 6.28. The Balaban J connectivity index is 0. The summed E-state index contributed by atoms with van der Waals surface area (Å²) in [5.74, 6) is -0.693. The quantitative estimate of drug-likeness (QED) is 0.673. The first-order chi connectivity index (χ1) is 7.62. The topological polar surface area (TPSA) is 49.7 Å². The molecule has 0 atom stereocenters. The third kappa shape index (κ3) is 15.6. The lowest BCUT2D eigenvalue weighted by Crippen LogP contribution is -1.95. The molecular weight excluding hydrogens is 202 g/mol. The molecule has 0 heterocycles. The molecule has 0 bridgehead atoms. The number of hydrogen-bond acceptors (Lipinski definition) is 2. The second-order valence-electron chi connectivity index (χ2n) is 3.79. The van der Waals surface area contributed by atoms with Gasteiger partial charge in [0.2, 0.25) is 0 Å². The average molecular weight is 229 g/mol. The fourth-order valence-corrected chi connectivity index (χ4v) is 1.25. The molecule has 1 N–H and O–H groups in total. The summed E-state index contributed by atoms with van der Waals surface area (Å²) in [6.45, 7) is 6.37. The van der Waals surface area contributed by atoms with Crippen molar-refractivity contribution in [2.75, 3.05) is 7.05 Å². The molecule has 0 fully saturated rings. The molecule has 0 aromatic heterocycles. The van der Waals surface area contributed by atoms with Crippen molar-refractivity contribution in [3.05, 3.63) is 0 Å². The summed E-state index contributed by atoms with van der Waals surface area (Å²) in [6, 6.07) is 0. The number of carboxylic acid groups (broad SMARTS) is 1. The Hall–Kier alpha value is -0.860. The van der Waals surface area contributed by atoms with Crippen molar-refractivity contribution in [3.63, 3.8) is 0 Å². The molecule has 0 radical (unpaired) electrons. The normalized spacial score (nSPS) is 9.00. The van der Waals surface area contributed by atoms with Gasteiger partial charge in [-0.2, -0.15) is 0 Å². The third-order valence-corrected chi connectivity index (χ3v) is 2.14. The summed E-state index contributed by atoms with van der Waals surface area (Å²) < 4.78 is 0. The van der Waals surface area contributed by atoms with Gasteiger partial charge >= 0.3 is 5.97 Å². The monoisotopic (exact) mass is 229 g/mol. The SMILES string of the molecule is CCCC(CCC)=NC.CCCCC(=O)O. The van der Waals surface area contributed by atoms with Crippen LogP contribution in [0.25, 0.3) is 0 Å². The summed E-state index contributed by atoms with van der Waals surface area (Å²) >= 11 is 0.